The fraction of sp³-hybridized carbons (Fsp3) is 0.481. The molecule has 1 unspecified atom stereocenters. The van der Waals surface area contributed by atoms with Gasteiger partial charge in [0.1, 0.15) is 23.1 Å². The van der Waals surface area contributed by atoms with Crippen LogP contribution < -0.4 is 4.74 Å². The predicted molar refractivity (Wildman–Crippen MR) is 380 cm³/mol. The van der Waals surface area contributed by atoms with Crippen LogP contribution in [0.3, 0.4) is 0 Å². The summed E-state index contributed by atoms with van der Waals surface area (Å²) in [5.74, 6) is 3.57. The first-order valence-corrected chi connectivity index (χ1v) is 31.7. The van der Waals surface area contributed by atoms with Crippen LogP contribution in [0.15, 0.2) is 160 Å². The molecule has 12 nitrogen and oxygen atoms in total. The Morgan fingerprint density at radius 2 is 0.967 bits per heavy atom. The lowest BCUT2D eigenvalue weighted by Crippen LogP contribution is -2.18. The number of methoxy groups -OCH3 is 1. The summed E-state index contributed by atoms with van der Waals surface area (Å²) in [7, 11) is 1.60. The Balaban J connectivity index is -0.000000307. The van der Waals surface area contributed by atoms with Gasteiger partial charge in [-0.15, -0.1) is 0 Å². The van der Waals surface area contributed by atoms with Crippen LogP contribution in [-0.2, 0) is 28.8 Å². The number of allylic oxidation sites excluding steroid dienone is 9. The van der Waals surface area contributed by atoms with E-state index in [-0.39, 0.29) is 46.3 Å². The third kappa shape index (κ3) is 74.8. The second-order valence-corrected chi connectivity index (χ2v) is 24.1. The standard InChI is InChI=1S/C11H22O2.2C11H18O.C10H10O.C9H10O2.C8H8O.C7H14O.C6H6O2.C6H12O/c1-9(8-10(2)12)6-5-7-11(3,4)13;2*1-9(2)6-5-7-10(3)8-11(4)12;1-9(11)7-8-10-5-3-2-4-6-10;1-7(10)8-3-5-9(11-2)6-4-8;1-7(9)8-5-3-2-4-6-8;1-3-4-5-6-7(2)8;1-5(7)6-3-2-4-8-6;1-5(2)4-6(3)7/h9,13H,5-8H2,1-4H3;2*6,8H,5,7H2,1-4H3;2-8H,1H3;3-6H,1-2H3;2-6H,1H3;3-6H2,1-2H3;2-4H,1H3;5H,4H2,1-3H3/b;10-8+;10-8-;8-7+;;;;;. The van der Waals surface area contributed by atoms with Crippen LogP contribution in [0.2, 0.25) is 0 Å². The molecule has 1 N–H and O–H groups in total. The van der Waals surface area contributed by atoms with Crippen molar-refractivity contribution in [2.75, 3.05) is 7.11 Å². The maximum Gasteiger partial charge on any atom is 0.194 e. The number of aliphatic hydroxyl groups is 1. The average molecular weight is 1260 g/mol. The topological polar surface area (TPSA) is 196 Å². The number of Topliss-reactive ketones (excluding diaryl/α,β-unsaturated/α-hetero) is 6. The van der Waals surface area contributed by atoms with Crippen molar-refractivity contribution in [2.24, 2.45) is 11.8 Å². The molecule has 0 saturated carbocycles. The van der Waals surface area contributed by atoms with E-state index in [0.717, 1.165) is 81.1 Å². The maximum atomic E-state index is 10.8. The molecule has 3 aromatic carbocycles. The molecule has 0 aliphatic carbocycles. The minimum absolute atomic E-state index is 0.0324. The number of carbonyl (C=O) groups excluding carboxylic acids is 9. The van der Waals surface area contributed by atoms with Gasteiger partial charge in [0.2, 0.25) is 0 Å². The van der Waals surface area contributed by atoms with Gasteiger partial charge in [-0.2, -0.15) is 0 Å². The molecule has 0 aliphatic rings. The van der Waals surface area contributed by atoms with Crippen LogP contribution in [0.1, 0.15) is 266 Å². The summed E-state index contributed by atoms with van der Waals surface area (Å²) in [6, 6.07) is 29.4. The summed E-state index contributed by atoms with van der Waals surface area (Å²) in [4.78, 5) is 95.0. The molecule has 0 bridgehead atoms. The van der Waals surface area contributed by atoms with Gasteiger partial charge in [0.15, 0.2) is 40.5 Å². The summed E-state index contributed by atoms with van der Waals surface area (Å²) < 4.78 is 9.68. The highest BCUT2D eigenvalue weighted by Gasteiger charge is 2.13. The highest BCUT2D eigenvalue weighted by molar-refractivity contribution is 5.95. The van der Waals surface area contributed by atoms with Gasteiger partial charge in [-0.1, -0.05) is 155 Å². The number of benzene rings is 3. The average Bonchev–Trinajstić information content (AvgIpc) is 3.07. The van der Waals surface area contributed by atoms with Crippen LogP contribution >= 0.6 is 0 Å². The third-order valence-corrected chi connectivity index (χ3v) is 11.9. The molecular formula is C79H118O12. The largest absolute Gasteiger partial charge is 0.497 e. The number of furan rings is 1. The van der Waals surface area contributed by atoms with E-state index in [4.69, 9.17) is 9.15 Å². The lowest BCUT2D eigenvalue weighted by atomic mass is 9.94. The summed E-state index contributed by atoms with van der Waals surface area (Å²) in [5.41, 5.74) is 7.00. The van der Waals surface area contributed by atoms with E-state index >= 15 is 0 Å². The van der Waals surface area contributed by atoms with Crippen molar-refractivity contribution in [1.29, 1.82) is 0 Å². The number of carbonyl (C=O) groups is 9. The second kappa shape index (κ2) is 58.8. The van der Waals surface area contributed by atoms with Gasteiger partial charge in [-0.3, -0.25) is 28.8 Å². The van der Waals surface area contributed by atoms with Crippen molar-refractivity contribution in [1.82, 2.24) is 0 Å². The quantitative estimate of drug-likeness (QED) is 0.0271. The summed E-state index contributed by atoms with van der Waals surface area (Å²) in [5, 5.41) is 9.45. The Labute approximate surface area is 550 Å². The molecule has 4 aromatic rings. The predicted octanol–water partition coefficient (Wildman–Crippen LogP) is 20.4. The summed E-state index contributed by atoms with van der Waals surface area (Å²) in [6.07, 6.45) is 25.2. The zero-order valence-electron chi connectivity index (χ0n) is 60.1. The van der Waals surface area contributed by atoms with Crippen molar-refractivity contribution in [3.05, 3.63) is 178 Å². The highest BCUT2D eigenvalue weighted by Crippen LogP contribution is 2.18. The molecule has 1 heterocycles. The van der Waals surface area contributed by atoms with Gasteiger partial charge in [0.25, 0.3) is 0 Å². The van der Waals surface area contributed by atoms with Gasteiger partial charge >= 0.3 is 0 Å². The molecule has 4 rings (SSSR count). The normalized spacial score (nSPS) is 10.6. The monoisotopic (exact) mass is 1260 g/mol. The van der Waals surface area contributed by atoms with Crippen LogP contribution in [-0.4, -0.2) is 69.9 Å². The first-order valence-electron chi connectivity index (χ1n) is 31.7. The van der Waals surface area contributed by atoms with Crippen molar-refractivity contribution in [3.63, 3.8) is 0 Å². The van der Waals surface area contributed by atoms with Gasteiger partial charge in [-0.25, -0.2) is 0 Å². The zero-order valence-corrected chi connectivity index (χ0v) is 60.1. The molecule has 506 valence electrons. The Morgan fingerprint density at radius 1 is 0.516 bits per heavy atom. The van der Waals surface area contributed by atoms with E-state index in [1.165, 1.54) is 48.3 Å². The van der Waals surface area contributed by atoms with Crippen LogP contribution in [0.25, 0.3) is 6.08 Å². The van der Waals surface area contributed by atoms with Crippen molar-refractivity contribution >= 4 is 58.1 Å². The highest BCUT2D eigenvalue weighted by atomic mass is 16.5. The molecule has 0 fully saturated rings. The number of ether oxygens (including phenoxy) is 1. The van der Waals surface area contributed by atoms with Crippen LogP contribution in [0.5, 0.6) is 5.75 Å². The van der Waals surface area contributed by atoms with Gasteiger partial charge in [-0.05, 0) is 221 Å². The number of hydrogen-bond donors (Lipinski definition) is 1. The van der Waals surface area contributed by atoms with Crippen molar-refractivity contribution in [2.45, 2.75) is 234 Å². The molecule has 1 aromatic heterocycles. The number of hydrogen-bond acceptors (Lipinski definition) is 12. The van der Waals surface area contributed by atoms with E-state index in [9.17, 15) is 48.3 Å². The summed E-state index contributed by atoms with van der Waals surface area (Å²) >= 11 is 0. The Hall–Kier alpha value is -7.57. The third-order valence-electron chi connectivity index (χ3n) is 11.9. The minimum atomic E-state index is -0.560. The molecule has 0 amide bonds. The van der Waals surface area contributed by atoms with E-state index in [1.54, 1.807) is 117 Å². The molecule has 0 aliphatic heterocycles. The van der Waals surface area contributed by atoms with E-state index in [0.29, 0.717) is 35.4 Å². The maximum absolute atomic E-state index is 10.8. The molecule has 0 radical (unpaired) electrons. The molecular weight excluding hydrogens is 1140 g/mol. The van der Waals surface area contributed by atoms with E-state index < -0.39 is 5.60 Å². The van der Waals surface area contributed by atoms with Gasteiger partial charge in [0.05, 0.1) is 19.0 Å². The summed E-state index contributed by atoms with van der Waals surface area (Å²) in [6.45, 7) is 38.5. The molecule has 12 heteroatoms. The molecule has 1 atom stereocenters. The Bertz CT molecular complexity index is 2720. The fourth-order valence-corrected chi connectivity index (χ4v) is 7.45. The Morgan fingerprint density at radius 3 is 1.26 bits per heavy atom. The smallest absolute Gasteiger partial charge is 0.194 e. The SMILES string of the molecule is CC(=O)/C=C(/C)CCC=C(C)C.CC(=O)/C=C(\C)CCC=C(C)C.CC(=O)/C=C/c1ccccc1.CC(=O)CC(C)C.CC(=O)CC(C)CCCC(C)(C)O.CC(=O)c1ccccc1.CC(=O)c1ccco1.CCCCCC(C)=O.COc1ccc(C(C)=O)cc1. The number of ketones is 9. The number of unbranched alkanes of at least 4 members (excludes halogenated alkanes) is 2. The van der Waals surface area contributed by atoms with Crippen LogP contribution in [0, 0.1) is 11.8 Å². The van der Waals surface area contributed by atoms with Crippen molar-refractivity contribution in [3.8, 4) is 5.75 Å². The number of rotatable bonds is 26. The zero-order chi connectivity index (χ0) is 70.9. The van der Waals surface area contributed by atoms with Gasteiger partial charge < -0.3 is 28.6 Å². The molecule has 0 spiro atoms. The Kier molecular flexibility index (Phi) is 59.5. The first kappa shape index (κ1) is 92.2. The fourth-order valence-electron chi connectivity index (χ4n) is 7.45. The lowest BCUT2D eigenvalue weighted by molar-refractivity contribution is -0.118. The molecule has 0 saturated heterocycles. The first-order chi connectivity index (χ1) is 42.4. The second-order valence-electron chi connectivity index (χ2n) is 24.1. The van der Waals surface area contributed by atoms with Crippen molar-refractivity contribution < 1.29 is 57.4 Å². The van der Waals surface area contributed by atoms with Crippen LogP contribution in [0.4, 0.5) is 0 Å². The minimum Gasteiger partial charge on any atom is -0.497 e. The van der Waals surface area contributed by atoms with E-state index in [1.807, 2.05) is 108 Å². The molecule has 91 heavy (non-hydrogen) atoms. The van der Waals surface area contributed by atoms with E-state index in [2.05, 4.69) is 53.7 Å². The lowest BCUT2D eigenvalue weighted by Gasteiger charge is -2.17. The van der Waals surface area contributed by atoms with Gasteiger partial charge in [0, 0.05) is 37.3 Å².